The Morgan fingerprint density at radius 2 is 2.08 bits per heavy atom. The first-order valence-electron chi connectivity index (χ1n) is 8.87. The standard InChI is InChI=1S/C21H20FNO3/c1-2-3-5-14-10-20(24)26-21-17(14)8-9-19-18(21)12-23(13-25-19)16-7-4-6-15(22)11-16/h4,6-11H,2-3,5,12-13H2,1H3. The van der Waals surface area contributed by atoms with Crippen molar-refractivity contribution in [2.75, 3.05) is 11.6 Å². The maximum atomic E-state index is 13.6. The molecule has 2 heterocycles. The maximum Gasteiger partial charge on any atom is 0.336 e. The average molecular weight is 353 g/mol. The SMILES string of the molecule is CCCCc1cc(=O)oc2c3c(ccc12)OCN(c1cccc(F)c1)C3. The summed E-state index contributed by atoms with van der Waals surface area (Å²) in [4.78, 5) is 14.0. The number of aryl methyl sites for hydroxylation is 1. The van der Waals surface area contributed by atoms with Crippen LogP contribution in [0.15, 0.2) is 51.7 Å². The van der Waals surface area contributed by atoms with Gasteiger partial charge in [-0.25, -0.2) is 9.18 Å². The average Bonchev–Trinajstić information content (AvgIpc) is 2.65. The summed E-state index contributed by atoms with van der Waals surface area (Å²) in [5.41, 5.74) is 2.79. The predicted molar refractivity (Wildman–Crippen MR) is 99.2 cm³/mol. The lowest BCUT2D eigenvalue weighted by Crippen LogP contribution is -2.32. The largest absolute Gasteiger partial charge is 0.473 e. The topological polar surface area (TPSA) is 42.7 Å². The van der Waals surface area contributed by atoms with Crippen molar-refractivity contribution in [2.24, 2.45) is 0 Å². The Kier molecular flexibility index (Phi) is 4.37. The minimum absolute atomic E-state index is 0.292. The van der Waals surface area contributed by atoms with Crippen LogP contribution in [0, 0.1) is 5.82 Å². The molecule has 1 aliphatic rings. The van der Waals surface area contributed by atoms with Crippen LogP contribution in [-0.4, -0.2) is 6.73 Å². The van der Waals surface area contributed by atoms with Gasteiger partial charge in [-0.15, -0.1) is 0 Å². The summed E-state index contributed by atoms with van der Waals surface area (Å²) < 4.78 is 25.0. The molecule has 134 valence electrons. The van der Waals surface area contributed by atoms with E-state index in [-0.39, 0.29) is 11.4 Å². The van der Waals surface area contributed by atoms with E-state index in [4.69, 9.17) is 9.15 Å². The molecule has 0 unspecified atom stereocenters. The number of fused-ring (bicyclic) bond motifs is 3. The molecule has 26 heavy (non-hydrogen) atoms. The van der Waals surface area contributed by atoms with E-state index in [0.29, 0.717) is 24.6 Å². The third kappa shape index (κ3) is 3.05. The smallest absolute Gasteiger partial charge is 0.336 e. The molecule has 0 spiro atoms. The lowest BCUT2D eigenvalue weighted by molar-refractivity contribution is 0.289. The van der Waals surface area contributed by atoms with Crippen molar-refractivity contribution in [3.63, 3.8) is 0 Å². The lowest BCUT2D eigenvalue weighted by atomic mass is 10.0. The zero-order valence-corrected chi connectivity index (χ0v) is 14.6. The number of halogens is 1. The fourth-order valence-electron chi connectivity index (χ4n) is 3.41. The first kappa shape index (κ1) is 16.6. The molecule has 1 aliphatic heterocycles. The third-order valence-corrected chi connectivity index (χ3v) is 4.76. The number of hydrogen-bond donors (Lipinski definition) is 0. The molecule has 1 aromatic heterocycles. The highest BCUT2D eigenvalue weighted by atomic mass is 19.1. The lowest BCUT2D eigenvalue weighted by Gasteiger charge is -2.31. The molecule has 0 saturated carbocycles. The Morgan fingerprint density at radius 1 is 1.19 bits per heavy atom. The van der Waals surface area contributed by atoms with Crippen molar-refractivity contribution in [1.29, 1.82) is 0 Å². The van der Waals surface area contributed by atoms with E-state index in [1.807, 2.05) is 23.1 Å². The summed E-state index contributed by atoms with van der Waals surface area (Å²) in [5, 5.41) is 0.946. The molecule has 0 bridgehead atoms. The molecule has 0 fully saturated rings. The van der Waals surface area contributed by atoms with Gasteiger partial charge in [0.15, 0.2) is 6.73 Å². The van der Waals surface area contributed by atoms with Crippen molar-refractivity contribution in [1.82, 2.24) is 0 Å². The van der Waals surface area contributed by atoms with Crippen molar-refractivity contribution in [3.05, 3.63) is 69.8 Å². The number of benzene rings is 2. The third-order valence-electron chi connectivity index (χ3n) is 4.76. The van der Waals surface area contributed by atoms with Gasteiger partial charge >= 0.3 is 5.63 Å². The minimum Gasteiger partial charge on any atom is -0.473 e. The van der Waals surface area contributed by atoms with Crippen LogP contribution in [0.1, 0.15) is 30.9 Å². The van der Waals surface area contributed by atoms with Gasteiger partial charge in [0.25, 0.3) is 0 Å². The van der Waals surface area contributed by atoms with Crippen LogP contribution in [0.25, 0.3) is 11.0 Å². The van der Waals surface area contributed by atoms with Gasteiger partial charge in [-0.2, -0.15) is 0 Å². The Bertz CT molecular complexity index is 1010. The van der Waals surface area contributed by atoms with E-state index >= 15 is 0 Å². The molecule has 0 amide bonds. The summed E-state index contributed by atoms with van der Waals surface area (Å²) in [5.74, 6) is 0.417. The Labute approximate surface area is 150 Å². The minimum atomic E-state index is -0.347. The van der Waals surface area contributed by atoms with Crippen LogP contribution < -0.4 is 15.3 Å². The van der Waals surface area contributed by atoms with Crippen molar-refractivity contribution < 1.29 is 13.5 Å². The zero-order chi connectivity index (χ0) is 18.1. The first-order valence-corrected chi connectivity index (χ1v) is 8.87. The Balaban J connectivity index is 1.79. The van der Waals surface area contributed by atoms with Gasteiger partial charge in [-0.3, -0.25) is 0 Å². The normalized spacial score (nSPS) is 13.5. The van der Waals surface area contributed by atoms with Crippen LogP contribution in [0.5, 0.6) is 5.75 Å². The molecular formula is C21H20FNO3. The molecule has 0 radical (unpaired) electrons. The number of anilines is 1. The van der Waals surface area contributed by atoms with Gasteiger partial charge in [-0.05, 0) is 48.7 Å². The summed E-state index contributed by atoms with van der Waals surface area (Å²) in [7, 11) is 0. The molecule has 3 aromatic rings. The number of unbranched alkanes of at least 4 members (excludes halogenated alkanes) is 1. The summed E-state index contributed by atoms with van der Waals surface area (Å²) in [6.45, 7) is 2.94. The van der Waals surface area contributed by atoms with Gasteiger partial charge in [0, 0.05) is 17.1 Å². The highest BCUT2D eigenvalue weighted by Gasteiger charge is 2.23. The Hall–Kier alpha value is -2.82. The zero-order valence-electron chi connectivity index (χ0n) is 14.6. The molecule has 0 N–H and O–H groups in total. The second kappa shape index (κ2) is 6.83. The van der Waals surface area contributed by atoms with Crippen molar-refractivity contribution >= 4 is 16.7 Å². The molecule has 5 heteroatoms. The second-order valence-electron chi connectivity index (χ2n) is 6.56. The van der Waals surface area contributed by atoms with E-state index in [9.17, 15) is 9.18 Å². The second-order valence-corrected chi connectivity index (χ2v) is 6.56. The summed E-state index contributed by atoms with van der Waals surface area (Å²) in [6.07, 6.45) is 2.91. The van der Waals surface area contributed by atoms with Crippen molar-refractivity contribution in [2.45, 2.75) is 32.7 Å². The first-order chi connectivity index (χ1) is 12.7. The molecule has 2 aromatic carbocycles. The van der Waals surface area contributed by atoms with Crippen LogP contribution >= 0.6 is 0 Å². The monoisotopic (exact) mass is 353 g/mol. The number of nitrogens with zero attached hydrogens (tertiary/aromatic N) is 1. The highest BCUT2D eigenvalue weighted by molar-refractivity contribution is 5.85. The van der Waals surface area contributed by atoms with Crippen LogP contribution in [0.3, 0.4) is 0 Å². The maximum absolute atomic E-state index is 13.6. The summed E-state index contributed by atoms with van der Waals surface area (Å²) in [6, 6.07) is 11.9. The highest BCUT2D eigenvalue weighted by Crippen LogP contribution is 2.35. The number of rotatable bonds is 4. The molecule has 4 nitrogen and oxygen atoms in total. The molecular weight excluding hydrogens is 333 g/mol. The fourth-order valence-corrected chi connectivity index (χ4v) is 3.41. The van der Waals surface area contributed by atoms with E-state index in [1.165, 1.54) is 12.1 Å². The molecule has 0 atom stereocenters. The molecule has 4 rings (SSSR count). The van der Waals surface area contributed by atoms with E-state index in [1.54, 1.807) is 12.1 Å². The van der Waals surface area contributed by atoms with Crippen LogP contribution in [-0.2, 0) is 13.0 Å². The molecule has 0 aliphatic carbocycles. The van der Waals surface area contributed by atoms with E-state index < -0.39 is 0 Å². The van der Waals surface area contributed by atoms with Gasteiger partial charge in [0.05, 0.1) is 12.1 Å². The van der Waals surface area contributed by atoms with Crippen LogP contribution in [0.2, 0.25) is 0 Å². The fraction of sp³-hybridized carbons (Fsp3) is 0.286. The van der Waals surface area contributed by atoms with E-state index in [2.05, 4.69) is 6.92 Å². The predicted octanol–water partition coefficient (Wildman–Crippen LogP) is 4.63. The number of hydrogen-bond acceptors (Lipinski definition) is 4. The van der Waals surface area contributed by atoms with Gasteiger partial charge in [-0.1, -0.05) is 19.4 Å². The Morgan fingerprint density at radius 3 is 2.88 bits per heavy atom. The van der Waals surface area contributed by atoms with Gasteiger partial charge in [0.2, 0.25) is 0 Å². The van der Waals surface area contributed by atoms with Gasteiger partial charge in [0.1, 0.15) is 17.1 Å². The molecule has 0 saturated heterocycles. The van der Waals surface area contributed by atoms with E-state index in [0.717, 1.165) is 41.5 Å². The quantitative estimate of drug-likeness (QED) is 0.641. The number of ether oxygens (including phenoxy) is 1. The summed E-state index contributed by atoms with van der Waals surface area (Å²) >= 11 is 0. The van der Waals surface area contributed by atoms with Crippen molar-refractivity contribution in [3.8, 4) is 5.75 Å². The van der Waals surface area contributed by atoms with Gasteiger partial charge < -0.3 is 14.1 Å². The van der Waals surface area contributed by atoms with Crippen LogP contribution in [0.4, 0.5) is 10.1 Å².